The van der Waals surface area contributed by atoms with Gasteiger partial charge in [0, 0.05) is 13.1 Å². The molecule has 0 spiro atoms. The Morgan fingerprint density at radius 2 is 1.36 bits per heavy atom. The Kier molecular flexibility index (Phi) is 6.84. The van der Waals surface area contributed by atoms with Crippen molar-refractivity contribution in [1.29, 1.82) is 0 Å². The Morgan fingerprint density at radius 3 is 1.88 bits per heavy atom. The summed E-state index contributed by atoms with van der Waals surface area (Å²) in [5, 5.41) is 4.29. The summed E-state index contributed by atoms with van der Waals surface area (Å²) in [4.78, 5) is 17.0. The van der Waals surface area contributed by atoms with Crippen LogP contribution in [0, 0.1) is 0 Å². The summed E-state index contributed by atoms with van der Waals surface area (Å²) < 4.78 is 5.09. The third-order valence-electron chi connectivity index (χ3n) is 6.69. The predicted octanol–water partition coefficient (Wildman–Crippen LogP) is 2.62. The van der Waals surface area contributed by atoms with Gasteiger partial charge in [-0.25, -0.2) is 4.79 Å². The number of hydrogen-bond donors (Lipinski definition) is 0. The summed E-state index contributed by atoms with van der Waals surface area (Å²) in [7, 11) is 7.59. The van der Waals surface area contributed by atoms with E-state index in [2.05, 4.69) is 98.7 Å². The molecule has 0 fully saturated rings. The number of aryl methyl sites for hydroxylation is 1. The number of carbonyl (C=O) groups excluding carboxylic acids is 1. The Bertz CT molecular complexity index is 1100. The van der Waals surface area contributed by atoms with E-state index in [1.54, 1.807) is 0 Å². The highest BCUT2D eigenvalue weighted by Crippen LogP contribution is 2.27. The lowest BCUT2D eigenvalue weighted by Crippen LogP contribution is -2.67. The molecule has 4 rings (SSSR count). The van der Waals surface area contributed by atoms with Gasteiger partial charge in [0.1, 0.15) is 8.07 Å². The highest BCUT2D eigenvalue weighted by atomic mass is 28.3. The maximum atomic E-state index is 12.5. The van der Waals surface area contributed by atoms with E-state index in [0.29, 0.717) is 5.56 Å². The van der Waals surface area contributed by atoms with Crippen molar-refractivity contribution >= 4 is 29.6 Å². The molecule has 1 aliphatic heterocycles. The molecule has 33 heavy (non-hydrogen) atoms. The van der Waals surface area contributed by atoms with E-state index in [1.165, 1.54) is 39.4 Å². The van der Waals surface area contributed by atoms with Crippen LogP contribution >= 0.6 is 0 Å². The minimum absolute atomic E-state index is 0.268. The Hall–Kier alpha value is -2.73. The number of fused-ring (bicyclic) bond motifs is 1. The molecule has 0 saturated heterocycles. The molecule has 0 amide bonds. The summed E-state index contributed by atoms with van der Waals surface area (Å²) in [5.74, 6) is -0.268. The summed E-state index contributed by atoms with van der Waals surface area (Å²) in [6.45, 7) is 1.79. The minimum Gasteiger partial charge on any atom is -0.465 e. The van der Waals surface area contributed by atoms with Crippen molar-refractivity contribution < 1.29 is 9.53 Å². The van der Waals surface area contributed by atoms with Gasteiger partial charge in [-0.1, -0.05) is 54.6 Å². The van der Waals surface area contributed by atoms with E-state index in [-0.39, 0.29) is 5.97 Å². The van der Waals surface area contributed by atoms with E-state index in [9.17, 15) is 4.79 Å². The van der Waals surface area contributed by atoms with E-state index in [1.807, 2.05) is 6.07 Å². The fourth-order valence-electron chi connectivity index (χ4n) is 5.43. The van der Waals surface area contributed by atoms with Crippen LogP contribution in [0.25, 0.3) is 0 Å². The van der Waals surface area contributed by atoms with Crippen LogP contribution in [0.2, 0.25) is 6.04 Å². The number of carbonyl (C=O) groups is 1. The fourth-order valence-corrected chi connectivity index (χ4v) is 11.1. The van der Waals surface area contributed by atoms with E-state index in [4.69, 9.17) is 4.74 Å². The first-order chi connectivity index (χ1) is 15.9. The standard InChI is InChI=1S/C28H34N2O2Si/c1-29(2)19-23-10-6-8-12-25(23)33(26-13-9-7-11-24(26)20-30(3)4)17-16-21-14-15-22(18-27(21)33)28(31)32-5/h6-15,18H,16-17,19-20H2,1-5H3. The van der Waals surface area contributed by atoms with Crippen molar-refractivity contribution in [1.82, 2.24) is 9.80 Å². The Labute approximate surface area is 198 Å². The first-order valence-corrected chi connectivity index (χ1v) is 13.8. The average Bonchev–Trinajstić information content (AvgIpc) is 3.18. The minimum atomic E-state index is -2.38. The summed E-state index contributed by atoms with van der Waals surface area (Å²) in [5.41, 5.74) is 4.77. The molecule has 5 heteroatoms. The van der Waals surface area contributed by atoms with Gasteiger partial charge in [-0.2, -0.15) is 0 Å². The van der Waals surface area contributed by atoms with E-state index >= 15 is 0 Å². The smallest absolute Gasteiger partial charge is 0.337 e. The van der Waals surface area contributed by atoms with Crippen molar-refractivity contribution in [2.24, 2.45) is 0 Å². The van der Waals surface area contributed by atoms with Crippen molar-refractivity contribution in [3.63, 3.8) is 0 Å². The third kappa shape index (κ3) is 4.41. The van der Waals surface area contributed by atoms with Crippen molar-refractivity contribution in [2.75, 3.05) is 35.3 Å². The maximum Gasteiger partial charge on any atom is 0.337 e. The highest BCUT2D eigenvalue weighted by Gasteiger charge is 2.46. The van der Waals surface area contributed by atoms with Crippen LogP contribution < -0.4 is 15.6 Å². The zero-order valence-electron chi connectivity index (χ0n) is 20.4. The zero-order valence-corrected chi connectivity index (χ0v) is 21.4. The third-order valence-corrected chi connectivity index (χ3v) is 11.9. The molecule has 0 unspecified atom stereocenters. The number of ether oxygens (including phenoxy) is 1. The van der Waals surface area contributed by atoms with Gasteiger partial charge in [0.15, 0.2) is 0 Å². The summed E-state index contributed by atoms with van der Waals surface area (Å²) in [6, 6.07) is 25.2. The molecule has 0 aromatic heterocycles. The molecule has 0 bridgehead atoms. The zero-order chi connectivity index (χ0) is 23.6. The van der Waals surface area contributed by atoms with Crippen LogP contribution in [0.3, 0.4) is 0 Å². The second-order valence-electron chi connectivity index (χ2n) is 9.56. The molecule has 0 aliphatic carbocycles. The average molecular weight is 459 g/mol. The van der Waals surface area contributed by atoms with Crippen molar-refractivity contribution in [2.45, 2.75) is 25.6 Å². The first kappa shape index (κ1) is 23.4. The lowest BCUT2D eigenvalue weighted by atomic mass is 10.1. The Morgan fingerprint density at radius 1 is 0.818 bits per heavy atom. The van der Waals surface area contributed by atoms with Crippen molar-refractivity contribution in [3.05, 3.63) is 89.0 Å². The monoisotopic (exact) mass is 458 g/mol. The number of hydrogen-bond acceptors (Lipinski definition) is 4. The topological polar surface area (TPSA) is 32.8 Å². The predicted molar refractivity (Wildman–Crippen MR) is 139 cm³/mol. The molecule has 4 nitrogen and oxygen atoms in total. The lowest BCUT2D eigenvalue weighted by Gasteiger charge is -2.34. The van der Waals surface area contributed by atoms with Crippen LogP contribution in [0.1, 0.15) is 27.0 Å². The van der Waals surface area contributed by atoms with Crippen LogP contribution in [0.15, 0.2) is 66.7 Å². The molecular formula is C28H34N2O2Si. The maximum absolute atomic E-state index is 12.5. The van der Waals surface area contributed by atoms with E-state index in [0.717, 1.165) is 25.6 Å². The van der Waals surface area contributed by atoms with Gasteiger partial charge in [-0.3, -0.25) is 0 Å². The second-order valence-corrected chi connectivity index (χ2v) is 13.5. The molecule has 0 saturated carbocycles. The molecule has 0 atom stereocenters. The summed E-state index contributed by atoms with van der Waals surface area (Å²) in [6.07, 6.45) is 1.04. The van der Waals surface area contributed by atoms with Gasteiger partial charge < -0.3 is 14.5 Å². The van der Waals surface area contributed by atoms with E-state index < -0.39 is 8.07 Å². The first-order valence-electron chi connectivity index (χ1n) is 11.5. The molecular weight excluding hydrogens is 424 g/mol. The van der Waals surface area contributed by atoms with Gasteiger partial charge >= 0.3 is 5.97 Å². The fraction of sp³-hybridized carbons (Fsp3) is 0.321. The number of methoxy groups -OCH3 is 1. The van der Waals surface area contributed by atoms with Crippen LogP contribution in [0.4, 0.5) is 0 Å². The normalized spacial score (nSPS) is 14.5. The number of esters is 1. The van der Waals surface area contributed by atoms with Crippen LogP contribution in [-0.4, -0.2) is 59.1 Å². The molecule has 1 aliphatic rings. The van der Waals surface area contributed by atoms with Crippen LogP contribution in [0.5, 0.6) is 0 Å². The second kappa shape index (κ2) is 9.63. The Balaban J connectivity index is 2.04. The molecule has 0 N–H and O–H groups in total. The highest BCUT2D eigenvalue weighted by molar-refractivity contribution is 7.12. The molecule has 172 valence electrons. The van der Waals surface area contributed by atoms with Gasteiger partial charge in [-0.05, 0) is 85.0 Å². The number of rotatable bonds is 7. The van der Waals surface area contributed by atoms with Gasteiger partial charge in [-0.15, -0.1) is 0 Å². The largest absolute Gasteiger partial charge is 0.465 e. The van der Waals surface area contributed by atoms with Gasteiger partial charge in [0.2, 0.25) is 0 Å². The van der Waals surface area contributed by atoms with Gasteiger partial charge in [0.25, 0.3) is 0 Å². The molecule has 1 heterocycles. The molecule has 3 aromatic carbocycles. The quantitative estimate of drug-likeness (QED) is 0.403. The van der Waals surface area contributed by atoms with Gasteiger partial charge in [0.05, 0.1) is 12.7 Å². The number of benzene rings is 3. The molecule has 0 radical (unpaired) electrons. The lowest BCUT2D eigenvalue weighted by molar-refractivity contribution is 0.0601. The summed E-state index contributed by atoms with van der Waals surface area (Å²) >= 11 is 0. The molecule has 3 aromatic rings. The number of nitrogens with zero attached hydrogens (tertiary/aromatic N) is 2. The van der Waals surface area contributed by atoms with Crippen molar-refractivity contribution in [3.8, 4) is 0 Å². The SMILES string of the molecule is COC(=O)c1ccc2c(c1)[Si](c1ccccc1CN(C)C)(c1ccccc1CN(C)C)CC2. The van der Waals surface area contributed by atoms with Crippen LogP contribution in [-0.2, 0) is 24.2 Å².